The first kappa shape index (κ1) is 9.74. The largest absolute Gasteiger partial charge is 0.324 e. The minimum atomic E-state index is 0.880. The highest BCUT2D eigenvalue weighted by Gasteiger charge is 2.02. The molecule has 0 aliphatic carbocycles. The van der Waals surface area contributed by atoms with Crippen LogP contribution in [0, 0.1) is 0 Å². The van der Waals surface area contributed by atoms with Crippen molar-refractivity contribution >= 4 is 16.5 Å². The molecule has 2 heteroatoms. The van der Waals surface area contributed by atoms with Crippen LogP contribution >= 0.6 is 0 Å². The van der Waals surface area contributed by atoms with E-state index >= 15 is 0 Å². The Hall–Kier alpha value is -1.80. The molecule has 3 N–H and O–H groups in total. The van der Waals surface area contributed by atoms with Crippen molar-refractivity contribution < 1.29 is 0 Å². The fourth-order valence-corrected chi connectivity index (χ4v) is 1.82. The third-order valence-electron chi connectivity index (χ3n) is 2.53. The first-order valence-electron chi connectivity index (χ1n) is 4.95. The van der Waals surface area contributed by atoms with Crippen molar-refractivity contribution in [2.24, 2.45) is 5.84 Å². The van der Waals surface area contributed by atoms with E-state index in [4.69, 9.17) is 5.84 Å². The van der Waals surface area contributed by atoms with Crippen LogP contribution in [0.4, 0.5) is 5.69 Å². The molecule has 15 heavy (non-hydrogen) atoms. The van der Waals surface area contributed by atoms with Crippen LogP contribution in [0.25, 0.3) is 10.8 Å². The van der Waals surface area contributed by atoms with Gasteiger partial charge in [0.05, 0.1) is 5.69 Å². The van der Waals surface area contributed by atoms with E-state index in [1.54, 1.807) is 0 Å². The van der Waals surface area contributed by atoms with Gasteiger partial charge >= 0.3 is 0 Å². The summed E-state index contributed by atoms with van der Waals surface area (Å²) < 4.78 is 0. The zero-order valence-corrected chi connectivity index (χ0v) is 8.53. The number of hydrogen-bond donors (Lipinski definition) is 2. The highest BCUT2D eigenvalue weighted by atomic mass is 15.2. The lowest BCUT2D eigenvalue weighted by Gasteiger charge is -2.09. The first-order valence-corrected chi connectivity index (χ1v) is 4.95. The molecule has 0 atom stereocenters. The molecule has 0 aliphatic rings. The van der Waals surface area contributed by atoms with Crippen LogP contribution < -0.4 is 11.3 Å². The Labute approximate surface area is 89.4 Å². The van der Waals surface area contributed by atoms with Gasteiger partial charge in [-0.2, -0.15) is 0 Å². The molecule has 0 radical (unpaired) electrons. The number of benzene rings is 2. The Morgan fingerprint density at radius 3 is 2.53 bits per heavy atom. The van der Waals surface area contributed by atoms with Gasteiger partial charge in [0, 0.05) is 5.39 Å². The summed E-state index contributed by atoms with van der Waals surface area (Å²) in [5.74, 6) is 5.47. The summed E-state index contributed by atoms with van der Waals surface area (Å²) in [5, 5.41) is 2.38. The van der Waals surface area contributed by atoms with E-state index < -0.39 is 0 Å². The van der Waals surface area contributed by atoms with E-state index in [1.807, 2.05) is 24.3 Å². The van der Waals surface area contributed by atoms with Crippen molar-refractivity contribution in [1.82, 2.24) is 0 Å². The molecule has 2 aromatic carbocycles. The van der Waals surface area contributed by atoms with Crippen molar-refractivity contribution in [1.29, 1.82) is 0 Å². The molecule has 0 aliphatic heterocycles. The molecule has 0 fully saturated rings. The van der Waals surface area contributed by atoms with E-state index in [0.29, 0.717) is 0 Å². The molecule has 0 unspecified atom stereocenters. The summed E-state index contributed by atoms with van der Waals surface area (Å²) in [7, 11) is 0. The van der Waals surface area contributed by atoms with Crippen molar-refractivity contribution in [3.63, 3.8) is 0 Å². The zero-order chi connectivity index (χ0) is 10.7. The predicted molar refractivity (Wildman–Crippen MR) is 65.7 cm³/mol. The Morgan fingerprint density at radius 1 is 1.13 bits per heavy atom. The normalized spacial score (nSPS) is 10.2. The fourth-order valence-electron chi connectivity index (χ4n) is 1.82. The van der Waals surface area contributed by atoms with Crippen LogP contribution in [-0.4, -0.2) is 0 Å². The third-order valence-corrected chi connectivity index (χ3v) is 2.53. The van der Waals surface area contributed by atoms with Crippen LogP contribution in [0.2, 0.25) is 0 Å². The number of allylic oxidation sites excluding steroid dienone is 1. The number of hydrazine groups is 1. The molecule has 2 nitrogen and oxygen atoms in total. The number of nitrogen functional groups attached to an aromatic ring is 1. The second-order valence-corrected chi connectivity index (χ2v) is 3.45. The van der Waals surface area contributed by atoms with Crippen molar-refractivity contribution in [3.05, 3.63) is 54.6 Å². The second-order valence-electron chi connectivity index (χ2n) is 3.45. The molecular weight excluding hydrogens is 184 g/mol. The minimum absolute atomic E-state index is 0.880. The molecule has 0 amide bonds. The standard InChI is InChI=1S/C13H14N2/c1-2-5-10-8-9-13(15-14)12-7-4-3-6-11(10)12/h2-4,6-9,15H,1,5,14H2. The maximum Gasteiger partial charge on any atom is 0.0563 e. The van der Waals surface area contributed by atoms with E-state index in [1.165, 1.54) is 10.9 Å². The van der Waals surface area contributed by atoms with Crippen LogP contribution in [0.1, 0.15) is 5.56 Å². The monoisotopic (exact) mass is 198 g/mol. The average Bonchev–Trinajstić information content (AvgIpc) is 2.30. The molecule has 0 saturated carbocycles. The molecule has 76 valence electrons. The molecule has 2 aromatic rings. The van der Waals surface area contributed by atoms with Crippen LogP contribution in [0.15, 0.2) is 49.1 Å². The van der Waals surface area contributed by atoms with Gasteiger partial charge in [0.1, 0.15) is 0 Å². The van der Waals surface area contributed by atoms with E-state index in [0.717, 1.165) is 17.5 Å². The summed E-state index contributed by atoms with van der Waals surface area (Å²) in [6.07, 6.45) is 2.79. The number of nitrogens with two attached hydrogens (primary N) is 1. The Morgan fingerprint density at radius 2 is 1.87 bits per heavy atom. The Bertz CT molecular complexity index is 489. The lowest BCUT2D eigenvalue weighted by Crippen LogP contribution is -2.07. The van der Waals surface area contributed by atoms with Gasteiger partial charge in [0.25, 0.3) is 0 Å². The smallest absolute Gasteiger partial charge is 0.0563 e. The molecule has 0 spiro atoms. The highest BCUT2D eigenvalue weighted by Crippen LogP contribution is 2.26. The molecule has 2 rings (SSSR count). The Balaban J connectivity index is 2.71. The lowest BCUT2D eigenvalue weighted by molar-refractivity contribution is 1.30. The molecule has 0 saturated heterocycles. The van der Waals surface area contributed by atoms with Gasteiger partial charge in [0.2, 0.25) is 0 Å². The summed E-state index contributed by atoms with van der Waals surface area (Å²) in [4.78, 5) is 0. The summed E-state index contributed by atoms with van der Waals surface area (Å²) in [5.41, 5.74) is 4.95. The second kappa shape index (κ2) is 4.15. The third kappa shape index (κ3) is 1.72. The lowest BCUT2D eigenvalue weighted by atomic mass is 10.0. The summed E-state index contributed by atoms with van der Waals surface area (Å²) in [6, 6.07) is 12.3. The van der Waals surface area contributed by atoms with Crippen molar-refractivity contribution in [2.75, 3.05) is 5.43 Å². The molecular formula is C13H14N2. The minimum Gasteiger partial charge on any atom is -0.324 e. The molecule has 0 heterocycles. The number of fused-ring (bicyclic) bond motifs is 1. The maximum atomic E-state index is 5.47. The number of hydrogen-bond acceptors (Lipinski definition) is 2. The fraction of sp³-hybridized carbons (Fsp3) is 0.0769. The van der Waals surface area contributed by atoms with Gasteiger partial charge < -0.3 is 5.43 Å². The Kier molecular flexibility index (Phi) is 2.70. The highest BCUT2D eigenvalue weighted by molar-refractivity contribution is 5.96. The van der Waals surface area contributed by atoms with Crippen LogP contribution in [0.5, 0.6) is 0 Å². The van der Waals surface area contributed by atoms with Gasteiger partial charge in [0.15, 0.2) is 0 Å². The van der Waals surface area contributed by atoms with Gasteiger partial charge in [-0.1, -0.05) is 36.4 Å². The molecule has 0 aromatic heterocycles. The predicted octanol–water partition coefficient (Wildman–Crippen LogP) is 2.85. The van der Waals surface area contributed by atoms with Gasteiger partial charge in [-0.25, -0.2) is 0 Å². The van der Waals surface area contributed by atoms with Gasteiger partial charge in [-0.05, 0) is 23.4 Å². The SMILES string of the molecule is C=CCc1ccc(NN)c2ccccc12. The van der Waals surface area contributed by atoms with Crippen molar-refractivity contribution in [2.45, 2.75) is 6.42 Å². The van der Waals surface area contributed by atoms with E-state index in [9.17, 15) is 0 Å². The quantitative estimate of drug-likeness (QED) is 0.452. The van der Waals surface area contributed by atoms with Crippen LogP contribution in [0.3, 0.4) is 0 Å². The number of anilines is 1. The maximum absolute atomic E-state index is 5.47. The van der Waals surface area contributed by atoms with Crippen molar-refractivity contribution in [3.8, 4) is 0 Å². The van der Waals surface area contributed by atoms with E-state index in [2.05, 4.69) is 30.2 Å². The van der Waals surface area contributed by atoms with Gasteiger partial charge in [-0.3, -0.25) is 5.84 Å². The number of nitrogens with one attached hydrogen (secondary N) is 1. The first-order chi connectivity index (χ1) is 7.36. The summed E-state index contributed by atoms with van der Waals surface area (Å²) in [6.45, 7) is 3.77. The van der Waals surface area contributed by atoms with E-state index in [-0.39, 0.29) is 0 Å². The summed E-state index contributed by atoms with van der Waals surface area (Å²) >= 11 is 0. The zero-order valence-electron chi connectivity index (χ0n) is 8.53. The number of rotatable bonds is 3. The van der Waals surface area contributed by atoms with Crippen LogP contribution in [-0.2, 0) is 6.42 Å². The average molecular weight is 198 g/mol. The topological polar surface area (TPSA) is 38.0 Å². The molecule has 0 bridgehead atoms. The van der Waals surface area contributed by atoms with Gasteiger partial charge in [-0.15, -0.1) is 6.58 Å².